The van der Waals surface area contributed by atoms with Gasteiger partial charge in [0.1, 0.15) is 17.4 Å². The molecule has 1 N–H and O–H groups in total. The fourth-order valence-corrected chi connectivity index (χ4v) is 4.22. The molecular formula is C23H25FN6O. The maximum Gasteiger partial charge on any atom is 0.224 e. The number of rotatable bonds is 5. The molecule has 0 aliphatic carbocycles. The van der Waals surface area contributed by atoms with Crippen molar-refractivity contribution in [3.05, 3.63) is 52.7 Å². The summed E-state index contributed by atoms with van der Waals surface area (Å²) in [6.07, 6.45) is 5.60. The molecule has 0 saturated carbocycles. The first-order valence-electron chi connectivity index (χ1n) is 10.6. The normalized spacial score (nSPS) is 13.9. The van der Waals surface area contributed by atoms with Crippen LogP contribution in [0.5, 0.6) is 0 Å². The Morgan fingerprint density at radius 1 is 1.26 bits per heavy atom. The quantitative estimate of drug-likeness (QED) is 0.676. The minimum atomic E-state index is -0.371. The van der Waals surface area contributed by atoms with Gasteiger partial charge in [0.05, 0.1) is 17.6 Å². The number of benzene rings is 1. The average molecular weight is 420 g/mol. The van der Waals surface area contributed by atoms with Gasteiger partial charge in [0.2, 0.25) is 5.91 Å². The maximum atomic E-state index is 13.9. The number of nitriles is 1. The number of halogens is 1. The van der Waals surface area contributed by atoms with Crippen molar-refractivity contribution < 1.29 is 9.18 Å². The molecule has 31 heavy (non-hydrogen) atoms. The molecule has 1 saturated heterocycles. The van der Waals surface area contributed by atoms with E-state index in [0.717, 1.165) is 48.6 Å². The second-order valence-electron chi connectivity index (χ2n) is 7.92. The van der Waals surface area contributed by atoms with Crippen LogP contribution >= 0.6 is 0 Å². The van der Waals surface area contributed by atoms with Crippen LogP contribution in [0.4, 0.5) is 15.8 Å². The van der Waals surface area contributed by atoms with Crippen LogP contribution in [0.1, 0.15) is 48.2 Å². The molecule has 3 heterocycles. The molecule has 1 aliphatic rings. The van der Waals surface area contributed by atoms with E-state index in [1.165, 1.54) is 24.8 Å². The monoisotopic (exact) mass is 420 g/mol. The van der Waals surface area contributed by atoms with Crippen LogP contribution in [-0.4, -0.2) is 33.6 Å². The van der Waals surface area contributed by atoms with E-state index in [0.29, 0.717) is 23.3 Å². The number of hydrogen-bond donors (Lipinski definition) is 1. The molecule has 8 heteroatoms. The first-order valence-corrected chi connectivity index (χ1v) is 10.6. The first kappa shape index (κ1) is 20.8. The van der Waals surface area contributed by atoms with Gasteiger partial charge in [0.25, 0.3) is 0 Å². The molecule has 1 amide bonds. The first-order chi connectivity index (χ1) is 15.0. The summed E-state index contributed by atoms with van der Waals surface area (Å²) in [6, 6.07) is 6.66. The standard InChI is InChI=1S/C23H25FN6O/c1-15-19(16(2)30-23(27-15)17(13-25)14-26-30)7-9-22(31)28-20-12-18(24)6-8-21(20)29-10-4-3-5-11-29/h6,8,12,14H,3-5,7,9-11H2,1-2H3,(H,28,31). The summed E-state index contributed by atoms with van der Waals surface area (Å²) in [4.78, 5) is 19.4. The van der Waals surface area contributed by atoms with Gasteiger partial charge in [0.15, 0.2) is 5.65 Å². The van der Waals surface area contributed by atoms with Gasteiger partial charge in [-0.1, -0.05) is 0 Å². The molecule has 160 valence electrons. The molecule has 0 atom stereocenters. The minimum absolute atomic E-state index is 0.180. The van der Waals surface area contributed by atoms with Gasteiger partial charge in [-0.3, -0.25) is 4.79 Å². The molecule has 2 aromatic heterocycles. The van der Waals surface area contributed by atoms with Crippen LogP contribution in [0.2, 0.25) is 0 Å². The number of hydrogen-bond acceptors (Lipinski definition) is 5. The highest BCUT2D eigenvalue weighted by molar-refractivity contribution is 5.94. The fourth-order valence-electron chi connectivity index (χ4n) is 4.22. The summed E-state index contributed by atoms with van der Waals surface area (Å²) >= 11 is 0. The largest absolute Gasteiger partial charge is 0.370 e. The lowest BCUT2D eigenvalue weighted by molar-refractivity contribution is -0.116. The van der Waals surface area contributed by atoms with Gasteiger partial charge in [-0.05, 0) is 63.3 Å². The van der Waals surface area contributed by atoms with Crippen molar-refractivity contribution in [2.45, 2.75) is 46.0 Å². The number of aryl methyl sites for hydroxylation is 2. The molecule has 7 nitrogen and oxygen atoms in total. The van der Waals surface area contributed by atoms with Gasteiger partial charge in [-0.15, -0.1) is 0 Å². The molecule has 1 aromatic carbocycles. The zero-order chi connectivity index (χ0) is 22.0. The number of carbonyl (C=O) groups is 1. The van der Waals surface area contributed by atoms with E-state index in [2.05, 4.69) is 26.4 Å². The summed E-state index contributed by atoms with van der Waals surface area (Å²) in [5.74, 6) is -0.551. The molecular weight excluding hydrogens is 395 g/mol. The lowest BCUT2D eigenvalue weighted by Gasteiger charge is -2.30. The van der Waals surface area contributed by atoms with Crippen LogP contribution in [0.25, 0.3) is 5.65 Å². The third-order valence-electron chi connectivity index (χ3n) is 5.86. The van der Waals surface area contributed by atoms with Crippen molar-refractivity contribution in [2.75, 3.05) is 23.3 Å². The molecule has 0 spiro atoms. The Kier molecular flexibility index (Phi) is 5.85. The van der Waals surface area contributed by atoms with E-state index in [9.17, 15) is 14.4 Å². The summed E-state index contributed by atoms with van der Waals surface area (Å²) in [6.45, 7) is 5.60. The predicted octanol–water partition coefficient (Wildman–Crippen LogP) is 3.92. The average Bonchev–Trinajstić information content (AvgIpc) is 3.17. The van der Waals surface area contributed by atoms with E-state index in [-0.39, 0.29) is 18.1 Å². The Hall–Kier alpha value is -3.47. The van der Waals surface area contributed by atoms with E-state index >= 15 is 0 Å². The van der Waals surface area contributed by atoms with E-state index < -0.39 is 0 Å². The number of nitrogens with one attached hydrogen (secondary N) is 1. The molecule has 0 bridgehead atoms. The molecule has 4 rings (SSSR count). The zero-order valence-corrected chi connectivity index (χ0v) is 17.8. The second kappa shape index (κ2) is 8.72. The van der Waals surface area contributed by atoms with Crippen molar-refractivity contribution in [3.8, 4) is 6.07 Å². The Bertz CT molecular complexity index is 1170. The number of fused-ring (bicyclic) bond motifs is 1. The zero-order valence-electron chi connectivity index (χ0n) is 17.8. The molecule has 1 aliphatic heterocycles. The summed E-state index contributed by atoms with van der Waals surface area (Å²) in [5, 5.41) is 16.3. The number of carbonyl (C=O) groups excluding carboxylic acids is 1. The van der Waals surface area contributed by atoms with Crippen molar-refractivity contribution >= 4 is 22.9 Å². The molecule has 0 unspecified atom stereocenters. The van der Waals surface area contributed by atoms with Crippen LogP contribution in [0.15, 0.2) is 24.4 Å². The predicted molar refractivity (Wildman–Crippen MR) is 117 cm³/mol. The van der Waals surface area contributed by atoms with Gasteiger partial charge in [-0.2, -0.15) is 10.4 Å². The van der Waals surface area contributed by atoms with Gasteiger partial charge in [-0.25, -0.2) is 13.9 Å². The number of anilines is 2. The van der Waals surface area contributed by atoms with Crippen LogP contribution in [-0.2, 0) is 11.2 Å². The number of nitrogens with zero attached hydrogens (tertiary/aromatic N) is 5. The van der Waals surface area contributed by atoms with Gasteiger partial charge >= 0.3 is 0 Å². The smallest absolute Gasteiger partial charge is 0.224 e. The van der Waals surface area contributed by atoms with Gasteiger partial charge in [0, 0.05) is 30.9 Å². The van der Waals surface area contributed by atoms with Gasteiger partial charge < -0.3 is 10.2 Å². The summed E-state index contributed by atoms with van der Waals surface area (Å²) < 4.78 is 15.5. The van der Waals surface area contributed by atoms with E-state index in [1.807, 2.05) is 13.8 Å². The number of amides is 1. The van der Waals surface area contributed by atoms with Crippen molar-refractivity contribution in [1.29, 1.82) is 5.26 Å². The summed E-state index contributed by atoms with van der Waals surface area (Å²) in [7, 11) is 0. The molecule has 1 fully saturated rings. The third kappa shape index (κ3) is 4.22. The van der Waals surface area contributed by atoms with Crippen LogP contribution in [0.3, 0.4) is 0 Å². The van der Waals surface area contributed by atoms with E-state index in [4.69, 9.17) is 0 Å². The molecule has 0 radical (unpaired) electrons. The fraction of sp³-hybridized carbons (Fsp3) is 0.391. The SMILES string of the molecule is Cc1nc2c(C#N)cnn2c(C)c1CCC(=O)Nc1cc(F)ccc1N1CCCCC1. The second-order valence-corrected chi connectivity index (χ2v) is 7.92. The lowest BCUT2D eigenvalue weighted by Crippen LogP contribution is -2.30. The highest BCUT2D eigenvalue weighted by atomic mass is 19.1. The third-order valence-corrected chi connectivity index (χ3v) is 5.86. The Morgan fingerprint density at radius 3 is 2.77 bits per heavy atom. The maximum absolute atomic E-state index is 13.9. The van der Waals surface area contributed by atoms with Crippen LogP contribution in [0, 0.1) is 31.0 Å². The van der Waals surface area contributed by atoms with Crippen molar-refractivity contribution in [3.63, 3.8) is 0 Å². The number of piperidine rings is 1. The highest BCUT2D eigenvalue weighted by Gasteiger charge is 2.18. The topological polar surface area (TPSA) is 86.3 Å². The van der Waals surface area contributed by atoms with Crippen LogP contribution < -0.4 is 10.2 Å². The Balaban J connectivity index is 1.50. The van der Waals surface area contributed by atoms with Crippen molar-refractivity contribution in [1.82, 2.24) is 14.6 Å². The Morgan fingerprint density at radius 2 is 2.03 bits per heavy atom. The molecule has 3 aromatic rings. The highest BCUT2D eigenvalue weighted by Crippen LogP contribution is 2.29. The summed E-state index contributed by atoms with van der Waals surface area (Å²) in [5.41, 5.74) is 4.88. The van der Waals surface area contributed by atoms with Crippen molar-refractivity contribution in [2.24, 2.45) is 0 Å². The van der Waals surface area contributed by atoms with E-state index in [1.54, 1.807) is 10.6 Å². The minimum Gasteiger partial charge on any atom is -0.370 e. The Labute approximate surface area is 180 Å². The number of aromatic nitrogens is 3. The lowest BCUT2D eigenvalue weighted by atomic mass is 10.1.